The number of hydrogen-bond donors (Lipinski definition) is 0. The second kappa shape index (κ2) is 11.9. The minimum Gasteiger partial charge on any atom is -0.611 e. The molecule has 2 heterocycles. The zero-order valence-electron chi connectivity index (χ0n) is 21.7. The number of sulfonamides is 1. The molecule has 0 amide bonds. The van der Waals surface area contributed by atoms with E-state index >= 15 is 0 Å². The fraction of sp³-hybridized carbons (Fsp3) is 0.379. The SMILES string of the molecule is CN(C[C@@H](CCN1CCC2(CC1)C[S+]([O-])c1ccccc12)c1ccc(Cl)c(Cl)c1)S(=O)(=O)c1ccc(Cl)cc1. The Morgan fingerprint density at radius 3 is 2.38 bits per heavy atom. The van der Waals surface area contributed by atoms with Crippen molar-refractivity contribution in [1.82, 2.24) is 9.21 Å². The zero-order chi connectivity index (χ0) is 27.8. The van der Waals surface area contributed by atoms with Crippen molar-refractivity contribution in [3.05, 3.63) is 92.9 Å². The van der Waals surface area contributed by atoms with Gasteiger partial charge in [0, 0.05) is 29.6 Å². The summed E-state index contributed by atoms with van der Waals surface area (Å²) in [5, 5.41) is 1.41. The van der Waals surface area contributed by atoms with Crippen LogP contribution in [-0.4, -0.2) is 61.2 Å². The number of nitrogens with zero attached hydrogens (tertiary/aromatic N) is 2. The summed E-state index contributed by atoms with van der Waals surface area (Å²) in [5.41, 5.74) is 2.20. The quantitative estimate of drug-likeness (QED) is 0.265. The van der Waals surface area contributed by atoms with Crippen LogP contribution in [0.3, 0.4) is 0 Å². The predicted octanol–water partition coefficient (Wildman–Crippen LogP) is 6.60. The molecule has 3 aromatic carbocycles. The van der Waals surface area contributed by atoms with E-state index in [2.05, 4.69) is 11.0 Å². The van der Waals surface area contributed by atoms with Gasteiger partial charge < -0.3 is 9.45 Å². The first-order chi connectivity index (χ1) is 18.6. The smallest absolute Gasteiger partial charge is 0.242 e. The highest BCUT2D eigenvalue weighted by molar-refractivity contribution is 7.91. The number of benzene rings is 3. The molecule has 3 aromatic rings. The molecule has 1 fully saturated rings. The maximum absolute atomic E-state index is 13.3. The van der Waals surface area contributed by atoms with Crippen LogP contribution in [0.2, 0.25) is 15.1 Å². The first-order valence-electron chi connectivity index (χ1n) is 13.0. The van der Waals surface area contributed by atoms with E-state index in [4.69, 9.17) is 34.8 Å². The Morgan fingerprint density at radius 1 is 1.00 bits per heavy atom. The largest absolute Gasteiger partial charge is 0.611 e. The van der Waals surface area contributed by atoms with E-state index in [1.54, 1.807) is 25.2 Å². The van der Waals surface area contributed by atoms with E-state index in [-0.39, 0.29) is 16.2 Å². The van der Waals surface area contributed by atoms with Crippen LogP contribution in [0, 0.1) is 0 Å². The van der Waals surface area contributed by atoms with Gasteiger partial charge in [0.2, 0.25) is 10.0 Å². The third-order valence-electron chi connectivity index (χ3n) is 8.13. The fourth-order valence-corrected chi connectivity index (χ4v) is 9.30. The van der Waals surface area contributed by atoms with Crippen molar-refractivity contribution in [3.63, 3.8) is 0 Å². The molecule has 1 unspecified atom stereocenters. The highest BCUT2D eigenvalue weighted by Gasteiger charge is 2.48. The molecule has 1 spiro atoms. The van der Waals surface area contributed by atoms with Crippen molar-refractivity contribution in [3.8, 4) is 0 Å². The highest BCUT2D eigenvalue weighted by Crippen LogP contribution is 2.46. The van der Waals surface area contributed by atoms with Crippen LogP contribution >= 0.6 is 34.8 Å². The molecular formula is C29H31Cl3N2O3S2. The number of likely N-dealkylation sites (tertiary alicyclic amines) is 1. The summed E-state index contributed by atoms with van der Waals surface area (Å²) < 4.78 is 40.8. The van der Waals surface area contributed by atoms with Gasteiger partial charge in [-0.05, 0) is 104 Å². The molecule has 2 aliphatic rings. The number of rotatable bonds is 8. The number of likely N-dealkylation sites (N-methyl/N-ethyl adjacent to an activating group) is 1. The molecule has 0 aliphatic carbocycles. The monoisotopic (exact) mass is 624 g/mol. The van der Waals surface area contributed by atoms with Crippen molar-refractivity contribution >= 4 is 56.0 Å². The first kappa shape index (κ1) is 29.2. The molecular weight excluding hydrogens is 595 g/mol. The lowest BCUT2D eigenvalue weighted by Crippen LogP contribution is -2.44. The average molecular weight is 626 g/mol. The molecule has 2 aliphatic heterocycles. The van der Waals surface area contributed by atoms with Crippen LogP contribution in [0.4, 0.5) is 0 Å². The molecule has 0 radical (unpaired) electrons. The number of halogens is 3. The number of hydrogen-bond acceptors (Lipinski definition) is 4. The zero-order valence-corrected chi connectivity index (χ0v) is 25.6. The Balaban J connectivity index is 1.29. The third-order valence-corrected chi connectivity index (χ3v) is 12.6. The molecule has 0 saturated carbocycles. The lowest BCUT2D eigenvalue weighted by Gasteiger charge is -2.38. The minimum atomic E-state index is -3.70. The van der Waals surface area contributed by atoms with Crippen molar-refractivity contribution in [2.24, 2.45) is 0 Å². The second-order valence-corrected chi connectivity index (χ2v) is 15.2. The Hall–Kier alpha value is -1.29. The molecule has 2 atom stereocenters. The van der Waals surface area contributed by atoms with E-state index < -0.39 is 21.2 Å². The highest BCUT2D eigenvalue weighted by atomic mass is 35.5. The Morgan fingerprint density at radius 2 is 1.69 bits per heavy atom. The summed E-state index contributed by atoms with van der Waals surface area (Å²) in [4.78, 5) is 3.64. The van der Waals surface area contributed by atoms with Gasteiger partial charge in [0.05, 0.1) is 14.9 Å². The summed E-state index contributed by atoms with van der Waals surface area (Å²) in [7, 11) is -2.09. The van der Waals surface area contributed by atoms with Crippen LogP contribution in [-0.2, 0) is 26.6 Å². The van der Waals surface area contributed by atoms with Gasteiger partial charge in [-0.1, -0.05) is 59.1 Å². The first-order valence-corrected chi connectivity index (χ1v) is 16.9. The van der Waals surface area contributed by atoms with E-state index in [0.29, 0.717) is 27.4 Å². The van der Waals surface area contributed by atoms with Gasteiger partial charge in [0.15, 0.2) is 4.90 Å². The lowest BCUT2D eigenvalue weighted by molar-refractivity contribution is 0.165. The van der Waals surface area contributed by atoms with Gasteiger partial charge in [0.1, 0.15) is 5.75 Å². The summed E-state index contributed by atoms with van der Waals surface area (Å²) in [5.74, 6) is 0.627. The number of fused-ring (bicyclic) bond motifs is 2. The summed E-state index contributed by atoms with van der Waals surface area (Å²) in [6, 6.07) is 19.9. The fourth-order valence-electron chi connectivity index (χ4n) is 5.79. The van der Waals surface area contributed by atoms with Crippen LogP contribution in [0.1, 0.15) is 36.3 Å². The van der Waals surface area contributed by atoms with Crippen molar-refractivity contribution in [1.29, 1.82) is 0 Å². The van der Waals surface area contributed by atoms with Crippen LogP contribution in [0.25, 0.3) is 0 Å². The molecule has 0 aromatic heterocycles. The molecule has 10 heteroatoms. The maximum Gasteiger partial charge on any atom is 0.242 e. The van der Waals surface area contributed by atoms with Crippen LogP contribution < -0.4 is 0 Å². The van der Waals surface area contributed by atoms with E-state index in [1.165, 1.54) is 22.0 Å². The van der Waals surface area contributed by atoms with Crippen LogP contribution in [0.5, 0.6) is 0 Å². The van der Waals surface area contributed by atoms with Crippen molar-refractivity contribution < 1.29 is 13.0 Å². The summed E-state index contributed by atoms with van der Waals surface area (Å²) in [6.07, 6.45) is 2.70. The van der Waals surface area contributed by atoms with Gasteiger partial charge in [-0.15, -0.1) is 0 Å². The standard InChI is InChI=1S/C29H31Cl3N2O3S2/c1-33(39(36,37)24-9-7-23(30)8-10-24)19-22(21-6-11-26(31)27(32)18-21)12-15-34-16-13-29(14-17-34)20-38(35)28-5-3-2-4-25(28)29/h2-11,18,22H,12-17,19-20H2,1H3/t22-,38?/m1/s1. The van der Waals surface area contributed by atoms with E-state index in [9.17, 15) is 13.0 Å². The predicted molar refractivity (Wildman–Crippen MR) is 160 cm³/mol. The van der Waals surface area contributed by atoms with Crippen LogP contribution in [0.15, 0.2) is 76.5 Å². The molecule has 208 valence electrons. The van der Waals surface area contributed by atoms with E-state index in [0.717, 1.165) is 49.4 Å². The summed E-state index contributed by atoms with van der Waals surface area (Å²) >= 11 is 17.6. The number of piperidine rings is 1. The Labute approximate surface area is 249 Å². The molecule has 1 saturated heterocycles. The second-order valence-electron chi connectivity index (χ2n) is 10.5. The van der Waals surface area contributed by atoms with Crippen molar-refractivity contribution in [2.75, 3.05) is 39.0 Å². The minimum absolute atomic E-state index is 0.00602. The maximum atomic E-state index is 13.3. The average Bonchev–Trinajstić information content (AvgIpc) is 3.20. The van der Waals surface area contributed by atoms with Gasteiger partial charge in [-0.2, -0.15) is 0 Å². The Kier molecular flexibility index (Phi) is 8.92. The summed E-state index contributed by atoms with van der Waals surface area (Å²) in [6.45, 7) is 2.95. The van der Waals surface area contributed by atoms with Crippen molar-refractivity contribution in [2.45, 2.75) is 40.4 Å². The Bertz CT molecular complexity index is 1430. The molecule has 5 rings (SSSR count). The molecule has 5 nitrogen and oxygen atoms in total. The van der Waals surface area contributed by atoms with Gasteiger partial charge in [-0.25, -0.2) is 12.7 Å². The van der Waals surface area contributed by atoms with Gasteiger partial charge in [0.25, 0.3) is 0 Å². The van der Waals surface area contributed by atoms with E-state index in [1.807, 2.05) is 30.3 Å². The molecule has 39 heavy (non-hydrogen) atoms. The van der Waals surface area contributed by atoms with Gasteiger partial charge >= 0.3 is 0 Å². The lowest BCUT2D eigenvalue weighted by atomic mass is 9.74. The van der Waals surface area contributed by atoms with Gasteiger partial charge in [-0.3, -0.25) is 0 Å². The molecule has 0 bridgehead atoms. The normalized spacial score (nSPS) is 19.9. The third kappa shape index (κ3) is 6.16. The topological polar surface area (TPSA) is 63.7 Å². The molecule has 0 N–H and O–H groups in total.